The molecule has 0 saturated heterocycles. The monoisotopic (exact) mass is 458 g/mol. The van der Waals surface area contributed by atoms with Crippen molar-refractivity contribution in [3.05, 3.63) is 53.6 Å². The molecule has 0 unspecified atom stereocenters. The van der Waals surface area contributed by atoms with Gasteiger partial charge < -0.3 is 18.4 Å². The van der Waals surface area contributed by atoms with Gasteiger partial charge in [-0.15, -0.1) is 0 Å². The Morgan fingerprint density at radius 2 is 1.38 bits per heavy atom. The lowest BCUT2D eigenvalue weighted by Crippen LogP contribution is -2.46. The Bertz CT molecular complexity index is 759. The first kappa shape index (κ1) is 26.6. The number of benzene rings is 2. The van der Waals surface area contributed by atoms with E-state index < -0.39 is 8.80 Å². The van der Waals surface area contributed by atoms with Crippen molar-refractivity contribution in [3.63, 3.8) is 0 Å². The maximum absolute atomic E-state index is 10.1. The van der Waals surface area contributed by atoms with E-state index in [2.05, 4.69) is 31.2 Å². The summed E-state index contributed by atoms with van der Waals surface area (Å²) >= 11 is 0. The van der Waals surface area contributed by atoms with Crippen LogP contribution in [0, 0.1) is 0 Å². The second-order valence-corrected chi connectivity index (χ2v) is 10.9. The summed E-state index contributed by atoms with van der Waals surface area (Å²) in [4.78, 5) is 0. The van der Waals surface area contributed by atoms with Crippen LogP contribution < -0.4 is 0 Å². The van der Waals surface area contributed by atoms with Crippen molar-refractivity contribution in [1.82, 2.24) is 0 Å². The molecule has 0 heterocycles. The Morgan fingerprint density at radius 3 is 1.97 bits per heavy atom. The lowest BCUT2D eigenvalue weighted by molar-refractivity contribution is 0.0708. The second-order valence-electron chi connectivity index (χ2n) is 8.18. The first-order valence-electron chi connectivity index (χ1n) is 12.4. The number of hydrogen-bond acceptors (Lipinski definition) is 4. The molecule has 0 saturated carbocycles. The third-order valence-corrected chi connectivity index (χ3v) is 8.85. The molecule has 0 amide bonds. The van der Waals surface area contributed by atoms with Crippen LogP contribution in [-0.4, -0.2) is 33.7 Å². The van der Waals surface area contributed by atoms with Gasteiger partial charge in [-0.3, -0.25) is 0 Å². The molecule has 0 atom stereocenters. The van der Waals surface area contributed by atoms with Crippen LogP contribution >= 0.6 is 0 Å². The SMILES string of the molecule is CCCCCCc1ccc(-c2ccc(O)cc2CCC[Si](OCC)(OCC)OCC)cc1. The molecular formula is C27H42O4Si. The minimum absolute atomic E-state index is 0.305. The lowest BCUT2D eigenvalue weighted by atomic mass is 9.95. The van der Waals surface area contributed by atoms with E-state index in [4.69, 9.17) is 13.3 Å². The molecule has 5 heteroatoms. The van der Waals surface area contributed by atoms with Crippen molar-refractivity contribution in [2.75, 3.05) is 19.8 Å². The molecule has 0 bridgehead atoms. The van der Waals surface area contributed by atoms with Crippen molar-refractivity contribution in [2.24, 2.45) is 0 Å². The normalized spacial score (nSPS) is 11.8. The molecule has 4 nitrogen and oxygen atoms in total. The standard InChI is InChI=1S/C27H42O4Si/c1-5-9-10-11-13-23-15-17-24(18-16-23)27-20-19-26(28)22-25(27)14-12-21-32(29-6-2,30-7-3)31-8-4/h15-20,22,28H,5-14,21H2,1-4H3. The van der Waals surface area contributed by atoms with E-state index in [9.17, 15) is 5.11 Å². The average molecular weight is 459 g/mol. The number of unbranched alkanes of at least 4 members (excludes halogenated alkanes) is 3. The Balaban J connectivity index is 2.09. The molecule has 2 aromatic carbocycles. The highest BCUT2D eigenvalue weighted by molar-refractivity contribution is 6.60. The summed E-state index contributed by atoms with van der Waals surface area (Å²) in [5, 5.41) is 10.1. The molecule has 2 rings (SSSR count). The van der Waals surface area contributed by atoms with Crippen LogP contribution in [0.15, 0.2) is 42.5 Å². The quantitative estimate of drug-likeness (QED) is 0.214. The number of phenolic OH excluding ortho intramolecular Hbond substituents is 1. The van der Waals surface area contributed by atoms with Crippen molar-refractivity contribution >= 4 is 8.80 Å². The third kappa shape index (κ3) is 8.36. The molecule has 0 radical (unpaired) electrons. The summed E-state index contributed by atoms with van der Waals surface area (Å²) < 4.78 is 18.0. The largest absolute Gasteiger partial charge is 0.508 e. The third-order valence-electron chi connectivity index (χ3n) is 5.69. The fraction of sp³-hybridized carbons (Fsp3) is 0.556. The number of rotatable bonds is 16. The van der Waals surface area contributed by atoms with E-state index in [-0.39, 0.29) is 0 Å². The lowest BCUT2D eigenvalue weighted by Gasteiger charge is -2.28. The van der Waals surface area contributed by atoms with Gasteiger partial charge in [0.2, 0.25) is 0 Å². The Kier molecular flexibility index (Phi) is 12.0. The summed E-state index contributed by atoms with van der Waals surface area (Å²) in [5.74, 6) is 0.305. The molecule has 0 aliphatic carbocycles. The van der Waals surface area contributed by atoms with Crippen molar-refractivity contribution < 1.29 is 18.4 Å². The van der Waals surface area contributed by atoms with Crippen molar-refractivity contribution in [1.29, 1.82) is 0 Å². The maximum atomic E-state index is 10.1. The summed E-state index contributed by atoms with van der Waals surface area (Å²) in [6.45, 7) is 9.98. The van der Waals surface area contributed by atoms with Crippen LogP contribution in [0.1, 0.15) is 70.9 Å². The fourth-order valence-electron chi connectivity index (χ4n) is 4.17. The summed E-state index contributed by atoms with van der Waals surface area (Å²) in [6, 6.07) is 15.4. The van der Waals surface area contributed by atoms with Crippen LogP contribution in [0.2, 0.25) is 6.04 Å². The van der Waals surface area contributed by atoms with Gasteiger partial charge in [-0.05, 0) is 80.8 Å². The molecule has 2 aromatic rings. The van der Waals surface area contributed by atoms with Gasteiger partial charge in [-0.1, -0.05) is 56.5 Å². The zero-order chi connectivity index (χ0) is 23.2. The van der Waals surface area contributed by atoms with E-state index >= 15 is 0 Å². The minimum atomic E-state index is -2.65. The van der Waals surface area contributed by atoms with Crippen LogP contribution in [0.5, 0.6) is 5.75 Å². The number of aryl methyl sites for hydroxylation is 2. The highest BCUT2D eigenvalue weighted by Crippen LogP contribution is 2.30. The molecule has 0 aromatic heterocycles. The summed E-state index contributed by atoms with van der Waals surface area (Å²) in [5.41, 5.74) is 4.91. The molecule has 178 valence electrons. The van der Waals surface area contributed by atoms with Gasteiger partial charge in [-0.2, -0.15) is 0 Å². The number of hydrogen-bond donors (Lipinski definition) is 1. The minimum Gasteiger partial charge on any atom is -0.508 e. The molecule has 0 aliphatic heterocycles. The molecule has 32 heavy (non-hydrogen) atoms. The Hall–Kier alpha value is -1.66. The van der Waals surface area contributed by atoms with Crippen LogP contribution in [0.25, 0.3) is 11.1 Å². The maximum Gasteiger partial charge on any atom is 0.500 e. The highest BCUT2D eigenvalue weighted by Gasteiger charge is 2.39. The van der Waals surface area contributed by atoms with Gasteiger partial charge in [0.05, 0.1) is 0 Å². The molecule has 0 spiro atoms. The second kappa shape index (κ2) is 14.5. The van der Waals surface area contributed by atoms with Crippen molar-refractivity contribution in [3.8, 4) is 16.9 Å². The van der Waals surface area contributed by atoms with Gasteiger partial charge >= 0.3 is 8.80 Å². The molecule has 0 aliphatic rings. The van der Waals surface area contributed by atoms with Gasteiger partial charge in [0.25, 0.3) is 0 Å². The van der Waals surface area contributed by atoms with Gasteiger partial charge in [-0.25, -0.2) is 0 Å². The van der Waals surface area contributed by atoms with Crippen molar-refractivity contribution in [2.45, 2.75) is 78.7 Å². The zero-order valence-corrected chi connectivity index (χ0v) is 21.5. The van der Waals surface area contributed by atoms with Crippen LogP contribution in [0.4, 0.5) is 0 Å². The molecule has 0 fully saturated rings. The zero-order valence-electron chi connectivity index (χ0n) is 20.5. The predicted molar refractivity (Wildman–Crippen MR) is 135 cm³/mol. The predicted octanol–water partition coefficient (Wildman–Crippen LogP) is 7.16. The highest BCUT2D eigenvalue weighted by atomic mass is 28.4. The summed E-state index contributed by atoms with van der Waals surface area (Å²) in [7, 11) is -2.65. The Labute approximate surface area is 196 Å². The fourth-order valence-corrected chi connectivity index (χ4v) is 6.78. The number of aromatic hydroxyl groups is 1. The number of phenols is 1. The first-order chi connectivity index (χ1) is 15.6. The van der Waals surface area contributed by atoms with Gasteiger partial charge in [0.15, 0.2) is 0 Å². The van der Waals surface area contributed by atoms with E-state index in [1.54, 1.807) is 6.07 Å². The van der Waals surface area contributed by atoms with E-state index in [1.165, 1.54) is 42.4 Å². The van der Waals surface area contributed by atoms with Gasteiger partial charge in [0.1, 0.15) is 5.75 Å². The Morgan fingerprint density at radius 1 is 0.719 bits per heavy atom. The smallest absolute Gasteiger partial charge is 0.500 e. The topological polar surface area (TPSA) is 47.9 Å². The first-order valence-corrected chi connectivity index (χ1v) is 14.3. The van der Waals surface area contributed by atoms with E-state index in [0.717, 1.165) is 30.9 Å². The van der Waals surface area contributed by atoms with Crippen LogP contribution in [0.3, 0.4) is 0 Å². The van der Waals surface area contributed by atoms with E-state index in [0.29, 0.717) is 25.6 Å². The van der Waals surface area contributed by atoms with E-state index in [1.807, 2.05) is 32.9 Å². The summed E-state index contributed by atoms with van der Waals surface area (Å²) in [6.07, 6.45) is 8.00. The molecule has 1 N–H and O–H groups in total. The van der Waals surface area contributed by atoms with Crippen LogP contribution in [-0.2, 0) is 26.1 Å². The average Bonchev–Trinajstić information content (AvgIpc) is 2.78. The molecular weight excluding hydrogens is 416 g/mol. The van der Waals surface area contributed by atoms with Gasteiger partial charge in [0, 0.05) is 25.9 Å².